The van der Waals surface area contributed by atoms with Crippen molar-refractivity contribution in [1.29, 1.82) is 0 Å². The van der Waals surface area contributed by atoms with E-state index in [0.717, 1.165) is 29.7 Å². The zero-order valence-corrected chi connectivity index (χ0v) is 18.4. The molecule has 0 atom stereocenters. The van der Waals surface area contributed by atoms with Crippen molar-refractivity contribution in [3.8, 4) is 5.75 Å². The molecule has 0 spiro atoms. The number of aryl methyl sites for hydroxylation is 2. The van der Waals surface area contributed by atoms with Crippen molar-refractivity contribution in [2.24, 2.45) is 5.10 Å². The number of anilines is 1. The van der Waals surface area contributed by atoms with Crippen LogP contribution in [0.1, 0.15) is 55.5 Å². The van der Waals surface area contributed by atoms with Gasteiger partial charge >= 0.3 is 0 Å². The third-order valence-corrected chi connectivity index (χ3v) is 6.04. The molecule has 2 aromatic heterocycles. The van der Waals surface area contributed by atoms with E-state index in [9.17, 15) is 9.59 Å². The quantitative estimate of drug-likeness (QED) is 0.567. The van der Waals surface area contributed by atoms with Crippen molar-refractivity contribution < 1.29 is 18.7 Å². The number of ether oxygens (including phenoxy) is 1. The second kappa shape index (κ2) is 8.77. The maximum Gasteiger partial charge on any atom is 0.291 e. The second-order valence-corrected chi connectivity index (χ2v) is 8.29. The molecule has 8 heteroatoms. The molecule has 0 saturated carbocycles. The molecule has 160 valence electrons. The predicted molar refractivity (Wildman–Crippen MR) is 120 cm³/mol. The Kier molecular flexibility index (Phi) is 5.90. The number of hydrogen-bond donors (Lipinski definition) is 2. The minimum absolute atomic E-state index is 0.243. The minimum atomic E-state index is -0.349. The lowest BCUT2D eigenvalue weighted by atomic mass is 9.93. The molecule has 7 nitrogen and oxygen atoms in total. The first-order valence-electron chi connectivity index (χ1n) is 9.97. The summed E-state index contributed by atoms with van der Waals surface area (Å²) in [6.07, 6.45) is 2.25. The van der Waals surface area contributed by atoms with Crippen LogP contribution >= 0.6 is 11.3 Å². The number of thiophene rings is 1. The van der Waals surface area contributed by atoms with E-state index in [-0.39, 0.29) is 17.6 Å². The third kappa shape index (κ3) is 4.25. The number of furan rings is 1. The van der Waals surface area contributed by atoms with Crippen LogP contribution < -0.4 is 15.5 Å². The van der Waals surface area contributed by atoms with E-state index in [1.165, 1.54) is 11.3 Å². The number of methoxy groups -OCH3 is 1. The Balaban J connectivity index is 1.59. The summed E-state index contributed by atoms with van der Waals surface area (Å²) in [5, 5.41) is 9.08. The van der Waals surface area contributed by atoms with Gasteiger partial charge in [0.05, 0.1) is 23.4 Å². The van der Waals surface area contributed by atoms with Crippen molar-refractivity contribution in [1.82, 2.24) is 5.43 Å². The lowest BCUT2D eigenvalue weighted by molar-refractivity contribution is 0.0957. The lowest BCUT2D eigenvalue weighted by Crippen LogP contribution is -2.21. The van der Waals surface area contributed by atoms with Crippen molar-refractivity contribution >= 4 is 34.6 Å². The molecule has 0 radical (unpaired) electrons. The zero-order valence-electron chi connectivity index (χ0n) is 17.6. The molecule has 0 fully saturated rings. The minimum Gasteiger partial charge on any atom is -0.495 e. The molecule has 2 amide bonds. The van der Waals surface area contributed by atoms with Gasteiger partial charge in [-0.1, -0.05) is 12.1 Å². The Morgan fingerprint density at radius 1 is 1.16 bits per heavy atom. The predicted octanol–water partition coefficient (Wildman–Crippen LogP) is 4.69. The van der Waals surface area contributed by atoms with Gasteiger partial charge in [0.2, 0.25) is 0 Å². The van der Waals surface area contributed by atoms with Crippen LogP contribution in [0.15, 0.2) is 45.2 Å². The van der Waals surface area contributed by atoms with Gasteiger partial charge in [-0.3, -0.25) is 9.59 Å². The largest absolute Gasteiger partial charge is 0.495 e. The highest BCUT2D eigenvalue weighted by molar-refractivity contribution is 7.12. The molecule has 1 aromatic carbocycles. The van der Waals surface area contributed by atoms with Crippen molar-refractivity contribution in [3.05, 3.63) is 68.8 Å². The van der Waals surface area contributed by atoms with Gasteiger partial charge in [-0.25, -0.2) is 5.43 Å². The molecule has 2 N–H and O–H groups in total. The molecule has 0 unspecified atom stereocenters. The molecule has 2 heterocycles. The molecule has 0 saturated heterocycles. The van der Waals surface area contributed by atoms with Crippen LogP contribution in [-0.4, -0.2) is 24.6 Å². The highest BCUT2D eigenvalue weighted by atomic mass is 32.1. The highest BCUT2D eigenvalue weighted by Crippen LogP contribution is 2.31. The number of nitrogens with zero attached hydrogens (tertiary/aromatic N) is 1. The van der Waals surface area contributed by atoms with Gasteiger partial charge in [-0.15, -0.1) is 11.3 Å². The summed E-state index contributed by atoms with van der Waals surface area (Å²) in [5.41, 5.74) is 6.44. The molecule has 4 rings (SSSR count). The number of fused-ring (bicyclic) bond motifs is 1. The smallest absolute Gasteiger partial charge is 0.291 e. The summed E-state index contributed by atoms with van der Waals surface area (Å²) in [6, 6.07) is 9.14. The maximum absolute atomic E-state index is 13.0. The summed E-state index contributed by atoms with van der Waals surface area (Å²) in [6.45, 7) is 3.78. The van der Waals surface area contributed by atoms with E-state index in [1.54, 1.807) is 13.2 Å². The number of benzene rings is 1. The van der Waals surface area contributed by atoms with Crippen LogP contribution in [-0.2, 0) is 6.42 Å². The summed E-state index contributed by atoms with van der Waals surface area (Å²) < 4.78 is 11.3. The summed E-state index contributed by atoms with van der Waals surface area (Å²) in [7, 11) is 1.56. The molecule has 0 bridgehead atoms. The van der Waals surface area contributed by atoms with Crippen LogP contribution in [0.2, 0.25) is 0 Å². The Bertz CT molecular complexity index is 1160. The van der Waals surface area contributed by atoms with Gasteiger partial charge in [0.1, 0.15) is 11.5 Å². The van der Waals surface area contributed by atoms with Gasteiger partial charge in [-0.2, -0.15) is 5.10 Å². The van der Waals surface area contributed by atoms with Crippen molar-refractivity contribution in [2.45, 2.75) is 33.1 Å². The number of carbonyl (C=O) groups excluding carboxylic acids is 2. The van der Waals surface area contributed by atoms with E-state index in [0.29, 0.717) is 34.1 Å². The van der Waals surface area contributed by atoms with Gasteiger partial charge in [-0.05, 0) is 55.8 Å². The topological polar surface area (TPSA) is 92.9 Å². The van der Waals surface area contributed by atoms with E-state index >= 15 is 0 Å². The first-order chi connectivity index (χ1) is 15.0. The number of rotatable bonds is 5. The van der Waals surface area contributed by atoms with Crippen LogP contribution in [0, 0.1) is 13.8 Å². The highest BCUT2D eigenvalue weighted by Gasteiger charge is 2.28. The fraction of sp³-hybridized carbons (Fsp3) is 0.261. The number of hydrogen-bond acceptors (Lipinski definition) is 6. The third-order valence-electron chi connectivity index (χ3n) is 5.17. The molecular formula is C23H23N3O4S. The Morgan fingerprint density at radius 3 is 2.74 bits per heavy atom. The lowest BCUT2D eigenvalue weighted by Gasteiger charge is -2.13. The summed E-state index contributed by atoms with van der Waals surface area (Å²) in [4.78, 5) is 25.8. The monoisotopic (exact) mass is 437 g/mol. The van der Waals surface area contributed by atoms with Crippen LogP contribution in [0.4, 0.5) is 5.69 Å². The van der Waals surface area contributed by atoms with Gasteiger partial charge in [0.25, 0.3) is 11.8 Å². The van der Waals surface area contributed by atoms with E-state index in [1.807, 2.05) is 43.5 Å². The summed E-state index contributed by atoms with van der Waals surface area (Å²) >= 11 is 1.36. The van der Waals surface area contributed by atoms with Crippen LogP contribution in [0.3, 0.4) is 0 Å². The molecule has 1 aliphatic rings. The molecule has 0 aliphatic heterocycles. The first kappa shape index (κ1) is 20.9. The molecule has 31 heavy (non-hydrogen) atoms. The normalized spacial score (nSPS) is 14.2. The van der Waals surface area contributed by atoms with E-state index in [4.69, 9.17) is 9.15 Å². The Morgan fingerprint density at radius 2 is 2.00 bits per heavy atom. The van der Waals surface area contributed by atoms with Crippen molar-refractivity contribution in [2.75, 3.05) is 12.4 Å². The SMILES string of the molecule is COc1ccc(C)cc1NC(=O)c1oc2c(c1C)/C(=N/NC(=O)c1cccs1)CCC2. The fourth-order valence-corrected chi connectivity index (χ4v) is 4.29. The maximum atomic E-state index is 13.0. The van der Waals surface area contributed by atoms with Crippen LogP contribution in [0.5, 0.6) is 5.75 Å². The second-order valence-electron chi connectivity index (χ2n) is 7.34. The standard InChI is InChI=1S/C23H23N3O4S/c1-13-9-10-17(29-3)16(12-13)24-23(28)21-14(2)20-15(6-4-7-18(20)30-21)25-26-22(27)19-8-5-11-31-19/h5,8-12H,4,6-7H2,1-3H3,(H,24,28)(H,26,27)/b25-15+. The van der Waals surface area contributed by atoms with Gasteiger partial charge in [0, 0.05) is 17.5 Å². The first-order valence-corrected chi connectivity index (χ1v) is 10.8. The Labute approximate surface area is 184 Å². The van der Waals surface area contributed by atoms with Crippen molar-refractivity contribution in [3.63, 3.8) is 0 Å². The fourth-order valence-electron chi connectivity index (χ4n) is 3.68. The number of amides is 2. The van der Waals surface area contributed by atoms with Gasteiger partial charge in [0.15, 0.2) is 5.76 Å². The number of hydrazone groups is 1. The molecular weight excluding hydrogens is 414 g/mol. The van der Waals surface area contributed by atoms with E-state index < -0.39 is 0 Å². The zero-order chi connectivity index (χ0) is 22.0. The average Bonchev–Trinajstić information content (AvgIpc) is 3.41. The number of nitrogens with one attached hydrogen (secondary N) is 2. The number of carbonyl (C=O) groups is 2. The summed E-state index contributed by atoms with van der Waals surface area (Å²) in [5.74, 6) is 0.937. The van der Waals surface area contributed by atoms with Gasteiger partial charge < -0.3 is 14.5 Å². The van der Waals surface area contributed by atoms with Crippen LogP contribution in [0.25, 0.3) is 0 Å². The Hall–Kier alpha value is -3.39. The molecule has 3 aromatic rings. The molecule has 1 aliphatic carbocycles. The average molecular weight is 438 g/mol. The van der Waals surface area contributed by atoms with E-state index in [2.05, 4.69) is 15.8 Å².